The van der Waals surface area contributed by atoms with Gasteiger partial charge in [0.15, 0.2) is 0 Å². The van der Waals surface area contributed by atoms with Gasteiger partial charge < -0.3 is 14.1 Å². The van der Waals surface area contributed by atoms with Gasteiger partial charge in [0, 0.05) is 56.7 Å². The summed E-state index contributed by atoms with van der Waals surface area (Å²) in [5.74, 6) is 1.34. The van der Waals surface area contributed by atoms with E-state index in [9.17, 15) is 0 Å². The molecule has 0 aliphatic rings. The maximum atomic E-state index is 4.25. The second-order valence-electron chi connectivity index (χ2n) is 3.59. The van der Waals surface area contributed by atoms with Crippen LogP contribution in [0.25, 0.3) is 17.5 Å². The fourth-order valence-electron chi connectivity index (χ4n) is 1.57. The number of H-pyrrole nitrogens is 1. The first-order valence-corrected chi connectivity index (χ1v) is 4.97. The molecule has 1 radical (unpaired) electrons. The monoisotopic (exact) mass is 423 g/mol. The third-order valence-electron chi connectivity index (χ3n) is 2.34. The summed E-state index contributed by atoms with van der Waals surface area (Å²) >= 11 is 0. The van der Waals surface area contributed by atoms with Gasteiger partial charge in [0.1, 0.15) is 12.0 Å². The maximum Gasteiger partial charge on any atom is 0.220 e. The van der Waals surface area contributed by atoms with E-state index in [1.165, 1.54) is 0 Å². The molecular formula is C9H10IrN8. The quantitative estimate of drug-likeness (QED) is 0.425. The Morgan fingerprint density at radius 1 is 1.44 bits per heavy atom. The largest absolute Gasteiger partial charge is 0.344 e. The minimum atomic E-state index is 0. The molecule has 3 aromatic rings. The van der Waals surface area contributed by atoms with Gasteiger partial charge in [-0.25, -0.2) is 0 Å². The number of nitrogens with one attached hydrogen (secondary N) is 1. The molecule has 0 atom stereocenters. The molecule has 9 heteroatoms. The summed E-state index contributed by atoms with van der Waals surface area (Å²) in [4.78, 5) is 4.25. The first-order chi connectivity index (χ1) is 8.25. The zero-order valence-corrected chi connectivity index (χ0v) is 12.1. The predicted octanol–water partition coefficient (Wildman–Crippen LogP) is -0.987. The van der Waals surface area contributed by atoms with Crippen LogP contribution in [-0.2, 0) is 34.2 Å². The van der Waals surface area contributed by atoms with Gasteiger partial charge in [0.2, 0.25) is 5.95 Å². The van der Waals surface area contributed by atoms with E-state index in [0.29, 0.717) is 17.5 Å². The number of aromatic nitrogens is 8. The summed E-state index contributed by atoms with van der Waals surface area (Å²) in [6.45, 7) is 0. The molecule has 0 saturated carbocycles. The van der Waals surface area contributed by atoms with Crippen molar-refractivity contribution in [3.05, 3.63) is 24.9 Å². The molecule has 0 aliphatic carbocycles. The van der Waals surface area contributed by atoms with Gasteiger partial charge in [-0.05, 0) is 0 Å². The van der Waals surface area contributed by atoms with Gasteiger partial charge in [0.25, 0.3) is 0 Å². The predicted molar refractivity (Wildman–Crippen MR) is 55.7 cm³/mol. The van der Waals surface area contributed by atoms with Crippen LogP contribution in [0.4, 0.5) is 0 Å². The molecule has 0 saturated heterocycles. The van der Waals surface area contributed by atoms with Crippen LogP contribution in [-0.4, -0.2) is 34.6 Å². The molecule has 0 spiro atoms. The van der Waals surface area contributed by atoms with E-state index >= 15 is 0 Å². The van der Waals surface area contributed by atoms with Crippen LogP contribution >= 0.6 is 0 Å². The molecule has 0 aromatic carbocycles. The molecule has 3 aromatic heterocycles. The maximum absolute atomic E-state index is 4.25. The number of aromatic amines is 1. The Bertz CT molecular complexity index is 651. The standard InChI is InChI=1S/C9H10N8.Ir/c1-15-6-11-13-9(15)17-4-3-10-8(17)7-5-16(2)14-12-7;/h3-4,6,14H,1-2H3;. The summed E-state index contributed by atoms with van der Waals surface area (Å²) in [6, 6.07) is 0. The van der Waals surface area contributed by atoms with Crippen LogP contribution in [0.15, 0.2) is 18.7 Å². The molecule has 0 bridgehead atoms. The van der Waals surface area contributed by atoms with Crippen molar-refractivity contribution in [2.24, 2.45) is 14.1 Å². The third kappa shape index (κ3) is 1.98. The van der Waals surface area contributed by atoms with Crippen LogP contribution in [0.3, 0.4) is 0 Å². The zero-order chi connectivity index (χ0) is 11.8. The van der Waals surface area contributed by atoms with Gasteiger partial charge in [-0.15, -0.1) is 10.2 Å². The van der Waals surface area contributed by atoms with Gasteiger partial charge >= 0.3 is 0 Å². The van der Waals surface area contributed by atoms with Gasteiger partial charge in [-0.2, -0.15) is 0 Å². The molecule has 3 heterocycles. The number of hydrogen-bond acceptors (Lipinski definition) is 4. The fourth-order valence-corrected chi connectivity index (χ4v) is 1.57. The molecule has 3 rings (SSSR count). The van der Waals surface area contributed by atoms with E-state index in [4.69, 9.17) is 0 Å². The van der Waals surface area contributed by atoms with E-state index in [1.54, 1.807) is 26.3 Å². The van der Waals surface area contributed by atoms with E-state index < -0.39 is 0 Å². The zero-order valence-electron chi connectivity index (χ0n) is 9.70. The number of aryl methyl sites for hydroxylation is 2. The smallest absolute Gasteiger partial charge is 0.220 e. The molecule has 95 valence electrons. The third-order valence-corrected chi connectivity index (χ3v) is 2.34. The average molecular weight is 422 g/mol. The Kier molecular flexibility index (Phi) is 3.35. The minimum Gasteiger partial charge on any atom is -0.344 e. The van der Waals surface area contributed by atoms with Crippen molar-refractivity contribution >= 4 is 0 Å². The van der Waals surface area contributed by atoms with Crippen LogP contribution < -0.4 is 4.68 Å². The molecule has 0 aliphatic heterocycles. The first-order valence-electron chi connectivity index (χ1n) is 4.97. The van der Waals surface area contributed by atoms with Crippen LogP contribution in [0.5, 0.6) is 0 Å². The molecule has 1 N–H and O–H groups in total. The van der Waals surface area contributed by atoms with Crippen molar-refractivity contribution in [3.63, 3.8) is 0 Å². The minimum absolute atomic E-state index is 0. The normalized spacial score (nSPS) is 10.3. The van der Waals surface area contributed by atoms with Crippen molar-refractivity contribution in [1.82, 2.24) is 34.6 Å². The van der Waals surface area contributed by atoms with Crippen molar-refractivity contribution in [2.45, 2.75) is 0 Å². The summed E-state index contributed by atoms with van der Waals surface area (Å²) < 4.78 is 5.24. The number of nitrogens with zero attached hydrogens (tertiary/aromatic N) is 7. The molecule has 8 nitrogen and oxygen atoms in total. The Hall–Kier alpha value is -1.86. The van der Waals surface area contributed by atoms with Crippen LogP contribution in [0.2, 0.25) is 0 Å². The van der Waals surface area contributed by atoms with Gasteiger partial charge in [-0.3, -0.25) is 4.68 Å². The average Bonchev–Trinajstić information content (AvgIpc) is 2.97. The molecular weight excluding hydrogens is 412 g/mol. The van der Waals surface area contributed by atoms with E-state index in [2.05, 4.69) is 31.7 Å². The fraction of sp³-hybridized carbons (Fsp3) is 0.222. The van der Waals surface area contributed by atoms with Crippen LogP contribution in [0.1, 0.15) is 0 Å². The Labute approximate surface area is 116 Å². The van der Waals surface area contributed by atoms with Crippen LogP contribution in [0, 0.1) is 6.20 Å². The number of rotatable bonds is 2. The van der Waals surface area contributed by atoms with Crippen molar-refractivity contribution in [1.29, 1.82) is 0 Å². The summed E-state index contributed by atoms with van der Waals surface area (Å²) in [7, 11) is 3.68. The number of hydrogen-bond donors (Lipinski definition) is 1. The molecule has 0 unspecified atom stereocenters. The Balaban J connectivity index is 0.00000120. The molecule has 0 amide bonds. The SMILES string of the molecule is Cn1cnnc1-n1ccnc1-c1[c-][n+](C)[nH]n1.[Ir]. The Morgan fingerprint density at radius 2 is 2.28 bits per heavy atom. The molecule has 18 heavy (non-hydrogen) atoms. The second-order valence-corrected chi connectivity index (χ2v) is 3.59. The van der Waals surface area contributed by atoms with Crippen molar-refractivity contribution < 1.29 is 24.8 Å². The second kappa shape index (κ2) is 4.79. The van der Waals surface area contributed by atoms with E-state index in [0.717, 1.165) is 0 Å². The summed E-state index contributed by atoms with van der Waals surface area (Å²) in [6.07, 6.45) is 8.14. The summed E-state index contributed by atoms with van der Waals surface area (Å²) in [5, 5.41) is 14.7. The van der Waals surface area contributed by atoms with E-state index in [1.807, 2.05) is 20.3 Å². The summed E-state index contributed by atoms with van der Waals surface area (Å²) in [5.41, 5.74) is 0.625. The van der Waals surface area contributed by atoms with Gasteiger partial charge in [-0.1, -0.05) is 5.21 Å². The molecule has 0 fully saturated rings. The topological polar surface area (TPSA) is 81.1 Å². The van der Waals surface area contributed by atoms with E-state index in [-0.39, 0.29) is 20.1 Å². The number of imidazole rings is 1. The Morgan fingerprint density at radius 3 is 2.89 bits per heavy atom. The van der Waals surface area contributed by atoms with Gasteiger partial charge in [0.05, 0.1) is 7.05 Å². The first kappa shape index (κ1) is 12.6. The van der Waals surface area contributed by atoms with Crippen molar-refractivity contribution in [2.75, 3.05) is 0 Å². The van der Waals surface area contributed by atoms with Crippen molar-refractivity contribution in [3.8, 4) is 17.5 Å².